The van der Waals surface area contributed by atoms with Gasteiger partial charge in [0, 0.05) is 13.3 Å². The van der Waals surface area contributed by atoms with Crippen LogP contribution in [-0.4, -0.2) is 23.0 Å². The second-order valence-electron chi connectivity index (χ2n) is 2.87. The second kappa shape index (κ2) is 4.45. The molecule has 0 aliphatic heterocycles. The van der Waals surface area contributed by atoms with Crippen LogP contribution in [0.25, 0.3) is 0 Å². The molecule has 0 aliphatic rings. The van der Waals surface area contributed by atoms with Crippen molar-refractivity contribution < 1.29 is 19.1 Å². The highest BCUT2D eigenvalue weighted by Gasteiger charge is 2.19. The molecule has 0 saturated carbocycles. The number of furan rings is 1. The Bertz CT molecular complexity index is 318. The van der Waals surface area contributed by atoms with Gasteiger partial charge in [-0.15, -0.1) is 0 Å². The smallest absolute Gasteiger partial charge is 0.326 e. The van der Waals surface area contributed by atoms with Gasteiger partial charge in [0.15, 0.2) is 0 Å². The summed E-state index contributed by atoms with van der Waals surface area (Å²) in [6.45, 7) is 1.28. The normalized spacial score (nSPS) is 12.1. The minimum Gasteiger partial charge on any atom is -0.480 e. The molecule has 0 saturated heterocycles. The van der Waals surface area contributed by atoms with Crippen LogP contribution in [0.2, 0.25) is 0 Å². The third-order valence-electron chi connectivity index (χ3n) is 1.66. The Labute approximate surface area is 80.7 Å². The Morgan fingerprint density at radius 1 is 1.64 bits per heavy atom. The van der Waals surface area contributed by atoms with Crippen LogP contribution in [0.5, 0.6) is 0 Å². The summed E-state index contributed by atoms with van der Waals surface area (Å²) in [4.78, 5) is 21.4. The van der Waals surface area contributed by atoms with Gasteiger partial charge in [-0.2, -0.15) is 0 Å². The van der Waals surface area contributed by atoms with Gasteiger partial charge in [-0.1, -0.05) is 0 Å². The molecule has 2 N–H and O–H groups in total. The van der Waals surface area contributed by atoms with Crippen molar-refractivity contribution in [2.45, 2.75) is 19.4 Å². The van der Waals surface area contributed by atoms with E-state index in [1.54, 1.807) is 12.1 Å². The Kier molecular flexibility index (Phi) is 3.28. The number of amides is 1. The molecular weight excluding hydrogens is 186 g/mol. The first-order valence-electron chi connectivity index (χ1n) is 4.12. The number of aliphatic carboxylic acids is 1. The minimum absolute atomic E-state index is 0.155. The van der Waals surface area contributed by atoms with E-state index in [9.17, 15) is 9.59 Å². The first kappa shape index (κ1) is 10.3. The maximum atomic E-state index is 10.7. The van der Waals surface area contributed by atoms with Gasteiger partial charge in [-0.05, 0) is 12.1 Å². The van der Waals surface area contributed by atoms with E-state index in [2.05, 4.69) is 5.32 Å². The van der Waals surface area contributed by atoms with Gasteiger partial charge < -0.3 is 14.8 Å². The molecular formula is C9H11NO4. The van der Waals surface area contributed by atoms with Gasteiger partial charge in [0.2, 0.25) is 5.91 Å². The summed E-state index contributed by atoms with van der Waals surface area (Å²) < 4.78 is 4.98. The average molecular weight is 197 g/mol. The number of carboxylic acid groups (broad SMARTS) is 1. The zero-order chi connectivity index (χ0) is 10.6. The summed E-state index contributed by atoms with van der Waals surface area (Å²) in [5, 5.41) is 11.1. The fourth-order valence-corrected chi connectivity index (χ4v) is 1.08. The molecule has 0 spiro atoms. The third kappa shape index (κ3) is 2.93. The van der Waals surface area contributed by atoms with E-state index in [1.807, 2.05) is 0 Å². The largest absolute Gasteiger partial charge is 0.480 e. The predicted octanol–water partition coefficient (Wildman–Crippen LogP) is 0.411. The monoisotopic (exact) mass is 197 g/mol. The van der Waals surface area contributed by atoms with Crippen molar-refractivity contribution in [1.82, 2.24) is 5.32 Å². The average Bonchev–Trinajstić information content (AvgIpc) is 2.54. The zero-order valence-electron chi connectivity index (χ0n) is 7.69. The molecule has 1 atom stereocenters. The summed E-state index contributed by atoms with van der Waals surface area (Å²) in [6.07, 6.45) is 1.62. The van der Waals surface area contributed by atoms with E-state index in [4.69, 9.17) is 9.52 Å². The quantitative estimate of drug-likeness (QED) is 0.732. The highest BCUT2D eigenvalue weighted by molar-refractivity contribution is 5.82. The van der Waals surface area contributed by atoms with Crippen LogP contribution in [-0.2, 0) is 16.0 Å². The maximum absolute atomic E-state index is 10.7. The molecule has 5 nitrogen and oxygen atoms in total. The number of carbonyl (C=O) groups excluding carboxylic acids is 1. The van der Waals surface area contributed by atoms with Gasteiger partial charge in [0.1, 0.15) is 11.8 Å². The zero-order valence-corrected chi connectivity index (χ0v) is 7.69. The van der Waals surface area contributed by atoms with Gasteiger partial charge in [-0.25, -0.2) is 4.79 Å². The molecule has 14 heavy (non-hydrogen) atoms. The van der Waals surface area contributed by atoms with Crippen LogP contribution in [0.15, 0.2) is 22.8 Å². The van der Waals surface area contributed by atoms with Crippen molar-refractivity contribution in [3.63, 3.8) is 0 Å². The topological polar surface area (TPSA) is 79.5 Å². The van der Waals surface area contributed by atoms with Crippen LogP contribution in [0.1, 0.15) is 12.7 Å². The van der Waals surface area contributed by atoms with Crippen molar-refractivity contribution in [1.29, 1.82) is 0 Å². The number of hydrogen-bond acceptors (Lipinski definition) is 3. The van der Waals surface area contributed by atoms with Crippen LogP contribution >= 0.6 is 0 Å². The fourth-order valence-electron chi connectivity index (χ4n) is 1.08. The lowest BCUT2D eigenvalue weighted by Crippen LogP contribution is -2.41. The lowest BCUT2D eigenvalue weighted by Gasteiger charge is -2.10. The van der Waals surface area contributed by atoms with Gasteiger partial charge in [0.05, 0.1) is 6.26 Å². The summed E-state index contributed by atoms with van der Waals surface area (Å²) >= 11 is 0. The summed E-state index contributed by atoms with van der Waals surface area (Å²) in [5.41, 5.74) is 0. The molecule has 0 fully saturated rings. The first-order valence-corrected chi connectivity index (χ1v) is 4.12. The lowest BCUT2D eigenvalue weighted by molar-refractivity contribution is -0.141. The highest BCUT2D eigenvalue weighted by Crippen LogP contribution is 2.04. The number of nitrogens with one attached hydrogen (secondary N) is 1. The van der Waals surface area contributed by atoms with Crippen molar-refractivity contribution in [2.24, 2.45) is 0 Å². The van der Waals surface area contributed by atoms with E-state index in [0.29, 0.717) is 5.76 Å². The minimum atomic E-state index is -1.07. The molecule has 76 valence electrons. The molecule has 1 aromatic heterocycles. The standard InChI is InChI=1S/C9H11NO4/c1-6(11)10-8(9(12)13)5-7-3-2-4-14-7/h2-4,8H,5H2,1H3,(H,10,11)(H,12,13)/t8-/m1/s1. The Hall–Kier alpha value is -1.78. The third-order valence-corrected chi connectivity index (χ3v) is 1.66. The molecule has 0 radical (unpaired) electrons. The first-order chi connectivity index (χ1) is 6.59. The number of carbonyl (C=O) groups is 2. The van der Waals surface area contributed by atoms with E-state index in [0.717, 1.165) is 0 Å². The van der Waals surface area contributed by atoms with Crippen molar-refractivity contribution in [2.75, 3.05) is 0 Å². The molecule has 1 aromatic rings. The van der Waals surface area contributed by atoms with E-state index < -0.39 is 12.0 Å². The van der Waals surface area contributed by atoms with Gasteiger partial charge in [-0.3, -0.25) is 4.79 Å². The van der Waals surface area contributed by atoms with Crippen molar-refractivity contribution >= 4 is 11.9 Å². The Morgan fingerprint density at radius 3 is 2.79 bits per heavy atom. The van der Waals surface area contributed by atoms with E-state index >= 15 is 0 Å². The van der Waals surface area contributed by atoms with Crippen LogP contribution < -0.4 is 5.32 Å². The summed E-state index contributed by atoms with van der Waals surface area (Å²) in [6, 6.07) is 2.40. The SMILES string of the molecule is CC(=O)N[C@H](Cc1ccco1)C(=O)O. The molecule has 0 unspecified atom stereocenters. The van der Waals surface area contributed by atoms with Crippen LogP contribution in [0, 0.1) is 0 Å². The maximum Gasteiger partial charge on any atom is 0.326 e. The Balaban J connectivity index is 2.60. The molecule has 0 aliphatic carbocycles. The molecule has 1 amide bonds. The van der Waals surface area contributed by atoms with Gasteiger partial charge in [0.25, 0.3) is 0 Å². The Morgan fingerprint density at radius 2 is 2.36 bits per heavy atom. The summed E-state index contributed by atoms with van der Waals surface area (Å²) in [7, 11) is 0. The van der Waals surface area contributed by atoms with E-state index in [-0.39, 0.29) is 12.3 Å². The number of rotatable bonds is 4. The summed E-state index contributed by atoms with van der Waals surface area (Å²) in [5.74, 6) is -0.910. The molecule has 5 heteroatoms. The number of carboxylic acids is 1. The van der Waals surface area contributed by atoms with Crippen LogP contribution in [0.4, 0.5) is 0 Å². The molecule has 0 aromatic carbocycles. The van der Waals surface area contributed by atoms with Crippen LogP contribution in [0.3, 0.4) is 0 Å². The molecule has 1 rings (SSSR count). The number of hydrogen-bond donors (Lipinski definition) is 2. The second-order valence-corrected chi connectivity index (χ2v) is 2.87. The van der Waals surface area contributed by atoms with Gasteiger partial charge >= 0.3 is 5.97 Å². The van der Waals surface area contributed by atoms with Crippen molar-refractivity contribution in [3.8, 4) is 0 Å². The highest BCUT2D eigenvalue weighted by atomic mass is 16.4. The van der Waals surface area contributed by atoms with Crippen molar-refractivity contribution in [3.05, 3.63) is 24.2 Å². The van der Waals surface area contributed by atoms with E-state index in [1.165, 1.54) is 13.2 Å². The lowest BCUT2D eigenvalue weighted by atomic mass is 10.1. The molecule has 1 heterocycles. The predicted molar refractivity (Wildman–Crippen MR) is 47.7 cm³/mol. The fraction of sp³-hybridized carbons (Fsp3) is 0.333. The molecule has 0 bridgehead atoms.